The molecule has 2 amide bonds. The zero-order valence-corrected chi connectivity index (χ0v) is 12.7. The molecule has 10 nitrogen and oxygen atoms in total. The Morgan fingerprint density at radius 2 is 2.17 bits per heavy atom. The van der Waals surface area contributed by atoms with Crippen LogP contribution in [-0.2, 0) is 16.1 Å². The standard InChI is InChI=1S/C14H14N6O4/c1-8-15-14-17-13(22)9(7-19(14)18-8)6-12(21)16-10-2-4-11(5-3-10)20(23)24/h2-5,9H,6-7H2,1H3,(H,16,21)(H,15,17,18,22). The van der Waals surface area contributed by atoms with Crippen LogP contribution in [0.1, 0.15) is 12.2 Å². The molecule has 2 aromatic rings. The number of aromatic nitrogens is 3. The van der Waals surface area contributed by atoms with Crippen molar-refractivity contribution in [2.24, 2.45) is 5.92 Å². The van der Waals surface area contributed by atoms with Crippen LogP contribution < -0.4 is 10.6 Å². The molecule has 1 atom stereocenters. The maximum absolute atomic E-state index is 12.1. The number of carbonyl (C=O) groups is 2. The molecular weight excluding hydrogens is 316 g/mol. The number of benzene rings is 1. The number of aryl methyl sites for hydroxylation is 1. The van der Waals surface area contributed by atoms with Crippen LogP contribution in [0.4, 0.5) is 17.3 Å². The Morgan fingerprint density at radius 3 is 2.83 bits per heavy atom. The van der Waals surface area contributed by atoms with E-state index < -0.39 is 10.8 Å². The van der Waals surface area contributed by atoms with Crippen molar-refractivity contribution < 1.29 is 14.5 Å². The summed E-state index contributed by atoms with van der Waals surface area (Å²) in [6.45, 7) is 1.99. The number of amides is 2. The highest BCUT2D eigenvalue weighted by molar-refractivity contribution is 5.98. The Hall–Kier alpha value is -3.30. The Morgan fingerprint density at radius 1 is 1.46 bits per heavy atom. The van der Waals surface area contributed by atoms with E-state index in [-0.39, 0.29) is 30.5 Å². The molecule has 0 fully saturated rings. The van der Waals surface area contributed by atoms with Crippen molar-refractivity contribution in [2.75, 3.05) is 10.6 Å². The van der Waals surface area contributed by atoms with Gasteiger partial charge in [0.15, 0.2) is 0 Å². The lowest BCUT2D eigenvalue weighted by Crippen LogP contribution is -2.36. The summed E-state index contributed by atoms with van der Waals surface area (Å²) in [7, 11) is 0. The van der Waals surface area contributed by atoms with E-state index in [2.05, 4.69) is 20.7 Å². The third-order valence-corrected chi connectivity index (χ3v) is 3.57. The van der Waals surface area contributed by atoms with Gasteiger partial charge in [0.2, 0.25) is 17.8 Å². The van der Waals surface area contributed by atoms with Gasteiger partial charge in [0, 0.05) is 24.2 Å². The molecule has 0 saturated heterocycles. The zero-order valence-electron chi connectivity index (χ0n) is 12.7. The largest absolute Gasteiger partial charge is 0.326 e. The van der Waals surface area contributed by atoms with E-state index in [1.165, 1.54) is 24.3 Å². The van der Waals surface area contributed by atoms with Gasteiger partial charge in [0.05, 0.1) is 17.4 Å². The Kier molecular flexibility index (Phi) is 3.94. The lowest BCUT2D eigenvalue weighted by atomic mass is 10.0. The summed E-state index contributed by atoms with van der Waals surface area (Å²) in [4.78, 5) is 38.3. The molecule has 0 radical (unpaired) electrons. The first-order valence-corrected chi connectivity index (χ1v) is 7.19. The van der Waals surface area contributed by atoms with Gasteiger partial charge in [-0.3, -0.25) is 25.0 Å². The molecule has 1 aliphatic heterocycles. The first kappa shape index (κ1) is 15.6. The molecule has 2 heterocycles. The van der Waals surface area contributed by atoms with Crippen molar-refractivity contribution in [3.63, 3.8) is 0 Å². The van der Waals surface area contributed by atoms with Crippen molar-refractivity contribution >= 4 is 29.1 Å². The lowest BCUT2D eigenvalue weighted by molar-refractivity contribution is -0.384. The topological polar surface area (TPSA) is 132 Å². The third kappa shape index (κ3) is 3.21. The number of nitro groups is 1. The van der Waals surface area contributed by atoms with Gasteiger partial charge < -0.3 is 5.32 Å². The minimum Gasteiger partial charge on any atom is -0.326 e. The van der Waals surface area contributed by atoms with Crippen LogP contribution in [0.3, 0.4) is 0 Å². The minimum absolute atomic E-state index is 0.0266. The van der Waals surface area contributed by atoms with Crippen molar-refractivity contribution in [3.05, 3.63) is 40.2 Å². The summed E-state index contributed by atoms with van der Waals surface area (Å²) in [5.74, 6) is -0.277. The van der Waals surface area contributed by atoms with Gasteiger partial charge in [-0.15, -0.1) is 0 Å². The number of anilines is 2. The Labute approximate surface area is 136 Å². The lowest BCUT2D eigenvalue weighted by Gasteiger charge is -2.21. The van der Waals surface area contributed by atoms with Crippen molar-refractivity contribution in [3.8, 4) is 0 Å². The molecule has 0 spiro atoms. The number of fused-ring (bicyclic) bond motifs is 1. The van der Waals surface area contributed by atoms with Crippen molar-refractivity contribution in [1.82, 2.24) is 14.8 Å². The van der Waals surface area contributed by atoms with Crippen LogP contribution in [0.15, 0.2) is 24.3 Å². The highest BCUT2D eigenvalue weighted by Gasteiger charge is 2.29. The van der Waals surface area contributed by atoms with Crippen LogP contribution in [0.25, 0.3) is 0 Å². The average molecular weight is 330 g/mol. The van der Waals surface area contributed by atoms with E-state index in [1.807, 2.05) is 0 Å². The summed E-state index contributed by atoms with van der Waals surface area (Å²) in [6.07, 6.45) is -0.0266. The van der Waals surface area contributed by atoms with Crippen LogP contribution in [0, 0.1) is 23.0 Å². The second-order valence-electron chi connectivity index (χ2n) is 5.41. The highest BCUT2D eigenvalue weighted by atomic mass is 16.6. The molecule has 0 aliphatic carbocycles. The predicted molar refractivity (Wildman–Crippen MR) is 83.2 cm³/mol. The molecular formula is C14H14N6O4. The van der Waals surface area contributed by atoms with Crippen molar-refractivity contribution in [2.45, 2.75) is 19.9 Å². The summed E-state index contributed by atoms with van der Waals surface area (Å²) in [6, 6.07) is 5.48. The van der Waals surface area contributed by atoms with Crippen LogP contribution in [-0.4, -0.2) is 31.5 Å². The molecule has 124 valence electrons. The summed E-state index contributed by atoms with van der Waals surface area (Å²) in [5, 5.41) is 20.0. The smallest absolute Gasteiger partial charge is 0.269 e. The quantitative estimate of drug-likeness (QED) is 0.637. The maximum atomic E-state index is 12.1. The molecule has 1 aromatic heterocycles. The van der Waals surface area contributed by atoms with Gasteiger partial charge in [-0.25, -0.2) is 4.68 Å². The summed E-state index contributed by atoms with van der Waals surface area (Å²) in [5.41, 5.74) is 0.368. The third-order valence-electron chi connectivity index (χ3n) is 3.57. The molecule has 3 rings (SSSR count). The number of carbonyl (C=O) groups excluding carboxylic acids is 2. The fourth-order valence-corrected chi connectivity index (χ4v) is 2.44. The number of nitro benzene ring substituents is 1. The van der Waals surface area contributed by atoms with Gasteiger partial charge >= 0.3 is 0 Å². The van der Waals surface area contributed by atoms with Gasteiger partial charge in [-0.2, -0.15) is 10.1 Å². The second kappa shape index (κ2) is 6.07. The average Bonchev–Trinajstić information content (AvgIpc) is 2.87. The van der Waals surface area contributed by atoms with Gasteiger partial charge in [-0.1, -0.05) is 0 Å². The molecule has 0 saturated carbocycles. The monoisotopic (exact) mass is 330 g/mol. The fraction of sp³-hybridized carbons (Fsp3) is 0.286. The van der Waals surface area contributed by atoms with E-state index in [9.17, 15) is 19.7 Å². The molecule has 0 bridgehead atoms. The number of hydrogen-bond donors (Lipinski definition) is 2. The SMILES string of the molecule is Cc1nc2n(n1)CC(CC(=O)Nc1ccc([N+](=O)[O-])cc1)C(=O)N2. The summed E-state index contributed by atoms with van der Waals surface area (Å²) < 4.78 is 1.56. The Balaban J connectivity index is 1.62. The maximum Gasteiger partial charge on any atom is 0.269 e. The predicted octanol–water partition coefficient (Wildman–Crippen LogP) is 1.09. The molecule has 1 aliphatic rings. The van der Waals surface area contributed by atoms with E-state index in [0.29, 0.717) is 17.5 Å². The Bertz CT molecular complexity index is 813. The summed E-state index contributed by atoms with van der Waals surface area (Å²) >= 11 is 0. The number of rotatable bonds is 4. The van der Waals surface area contributed by atoms with Gasteiger partial charge in [0.25, 0.3) is 5.69 Å². The highest BCUT2D eigenvalue weighted by Crippen LogP contribution is 2.20. The van der Waals surface area contributed by atoms with Crippen molar-refractivity contribution in [1.29, 1.82) is 0 Å². The van der Waals surface area contributed by atoms with E-state index in [4.69, 9.17) is 0 Å². The zero-order chi connectivity index (χ0) is 17.3. The van der Waals surface area contributed by atoms with Crippen LogP contribution in [0.5, 0.6) is 0 Å². The van der Waals surface area contributed by atoms with Crippen LogP contribution in [0.2, 0.25) is 0 Å². The number of nitrogens with one attached hydrogen (secondary N) is 2. The second-order valence-corrected chi connectivity index (χ2v) is 5.41. The molecule has 2 N–H and O–H groups in total. The molecule has 10 heteroatoms. The first-order chi connectivity index (χ1) is 11.4. The van der Waals surface area contributed by atoms with E-state index >= 15 is 0 Å². The normalized spacial score (nSPS) is 16.2. The van der Waals surface area contributed by atoms with E-state index in [0.717, 1.165) is 0 Å². The molecule has 1 aromatic carbocycles. The van der Waals surface area contributed by atoms with Crippen LogP contribution >= 0.6 is 0 Å². The van der Waals surface area contributed by atoms with E-state index in [1.54, 1.807) is 11.6 Å². The number of hydrogen-bond acceptors (Lipinski definition) is 6. The van der Waals surface area contributed by atoms with Gasteiger partial charge in [0.1, 0.15) is 5.82 Å². The molecule has 24 heavy (non-hydrogen) atoms. The first-order valence-electron chi connectivity index (χ1n) is 7.19. The minimum atomic E-state index is -0.559. The fourth-order valence-electron chi connectivity index (χ4n) is 2.44. The van der Waals surface area contributed by atoms with Gasteiger partial charge in [-0.05, 0) is 19.1 Å². The number of nitrogens with zero attached hydrogens (tertiary/aromatic N) is 4. The molecule has 1 unspecified atom stereocenters. The number of non-ortho nitro benzene ring substituents is 1.